The number of nitrogens with one attached hydrogen (secondary N) is 1. The van der Waals surface area contributed by atoms with E-state index in [4.69, 9.17) is 14.6 Å². The molecule has 1 amide bonds. The molecule has 1 aliphatic heterocycles. The minimum atomic E-state index is -1.07. The maximum atomic E-state index is 11.3. The largest absolute Gasteiger partial charge is 0.478 e. The van der Waals surface area contributed by atoms with Gasteiger partial charge in [0.15, 0.2) is 0 Å². The average molecular weight is 244 g/mol. The highest BCUT2D eigenvalue weighted by Crippen LogP contribution is 2.07. The van der Waals surface area contributed by atoms with Gasteiger partial charge in [0, 0.05) is 0 Å². The van der Waals surface area contributed by atoms with E-state index in [1.807, 2.05) is 0 Å². The van der Waals surface area contributed by atoms with Gasteiger partial charge in [-0.3, -0.25) is 0 Å². The van der Waals surface area contributed by atoms with Gasteiger partial charge in [-0.15, -0.1) is 0 Å². The standard InChI is InChI=1S/C10H16N2O5/c1-10(2,3)17-9(15)12-5-7-11-4-6(16-7)8(13)14/h6H,4-5H2,1-3H3,(H,12,15)(H,13,14). The first-order chi connectivity index (χ1) is 7.78. The number of carboxylic acids is 1. The van der Waals surface area contributed by atoms with Crippen molar-refractivity contribution >= 4 is 18.0 Å². The summed E-state index contributed by atoms with van der Waals surface area (Å²) in [6.45, 7) is 5.34. The number of carbonyl (C=O) groups excluding carboxylic acids is 1. The Labute approximate surface area is 98.8 Å². The van der Waals surface area contributed by atoms with Crippen LogP contribution in [0.4, 0.5) is 4.79 Å². The van der Waals surface area contributed by atoms with E-state index in [9.17, 15) is 9.59 Å². The van der Waals surface area contributed by atoms with Gasteiger partial charge in [0.1, 0.15) is 5.60 Å². The molecule has 1 aliphatic rings. The smallest absolute Gasteiger partial charge is 0.408 e. The molecule has 0 saturated heterocycles. The van der Waals surface area contributed by atoms with Crippen molar-refractivity contribution in [3.8, 4) is 0 Å². The molecule has 96 valence electrons. The first kappa shape index (κ1) is 13.3. The van der Waals surface area contributed by atoms with Crippen molar-refractivity contribution < 1.29 is 24.2 Å². The quantitative estimate of drug-likeness (QED) is 0.748. The van der Waals surface area contributed by atoms with Gasteiger partial charge in [-0.05, 0) is 20.8 Å². The summed E-state index contributed by atoms with van der Waals surface area (Å²) in [5, 5.41) is 11.1. The van der Waals surface area contributed by atoms with Gasteiger partial charge in [-0.2, -0.15) is 0 Å². The Hall–Kier alpha value is -1.79. The van der Waals surface area contributed by atoms with Crippen molar-refractivity contribution in [2.24, 2.45) is 4.99 Å². The van der Waals surface area contributed by atoms with E-state index >= 15 is 0 Å². The third-order valence-corrected chi connectivity index (χ3v) is 1.77. The lowest BCUT2D eigenvalue weighted by Gasteiger charge is -2.19. The highest BCUT2D eigenvalue weighted by atomic mass is 16.6. The molecule has 7 heteroatoms. The number of aliphatic carboxylic acids is 1. The molecular weight excluding hydrogens is 228 g/mol. The van der Waals surface area contributed by atoms with Crippen LogP contribution in [0.3, 0.4) is 0 Å². The van der Waals surface area contributed by atoms with Crippen molar-refractivity contribution in [1.29, 1.82) is 0 Å². The second kappa shape index (κ2) is 5.03. The summed E-state index contributed by atoms with van der Waals surface area (Å²) >= 11 is 0. The molecule has 17 heavy (non-hydrogen) atoms. The Morgan fingerprint density at radius 2 is 2.24 bits per heavy atom. The zero-order chi connectivity index (χ0) is 13.1. The maximum absolute atomic E-state index is 11.3. The zero-order valence-corrected chi connectivity index (χ0v) is 10.0. The molecule has 0 saturated carbocycles. The normalized spacial score (nSPS) is 19.2. The zero-order valence-electron chi connectivity index (χ0n) is 10.0. The molecule has 1 unspecified atom stereocenters. The molecule has 1 heterocycles. The molecule has 0 spiro atoms. The van der Waals surface area contributed by atoms with Crippen molar-refractivity contribution in [3.05, 3.63) is 0 Å². The summed E-state index contributed by atoms with van der Waals surface area (Å²) in [5.74, 6) is -0.871. The van der Waals surface area contributed by atoms with Crippen LogP contribution in [-0.2, 0) is 14.3 Å². The summed E-state index contributed by atoms with van der Waals surface area (Å²) in [5.41, 5.74) is -0.577. The molecule has 0 bridgehead atoms. The van der Waals surface area contributed by atoms with Crippen molar-refractivity contribution in [2.45, 2.75) is 32.5 Å². The Morgan fingerprint density at radius 1 is 1.59 bits per heavy atom. The van der Waals surface area contributed by atoms with E-state index < -0.39 is 23.8 Å². The fourth-order valence-electron chi connectivity index (χ4n) is 1.11. The molecule has 0 aromatic carbocycles. The van der Waals surface area contributed by atoms with Gasteiger partial charge in [0.05, 0.1) is 13.1 Å². The third-order valence-electron chi connectivity index (χ3n) is 1.77. The average Bonchev–Trinajstić information content (AvgIpc) is 2.60. The topological polar surface area (TPSA) is 97.2 Å². The number of carboxylic acid groups (broad SMARTS) is 1. The fraction of sp³-hybridized carbons (Fsp3) is 0.700. The van der Waals surface area contributed by atoms with Crippen LogP contribution >= 0.6 is 0 Å². The van der Waals surface area contributed by atoms with Gasteiger partial charge in [-0.1, -0.05) is 0 Å². The minimum Gasteiger partial charge on any atom is -0.478 e. The van der Waals surface area contributed by atoms with Gasteiger partial charge in [-0.25, -0.2) is 14.6 Å². The van der Waals surface area contributed by atoms with Gasteiger partial charge in [0.2, 0.25) is 12.0 Å². The highest BCUT2D eigenvalue weighted by molar-refractivity contribution is 5.87. The SMILES string of the molecule is CC(C)(C)OC(=O)NCC1=NCC(C(=O)O)O1. The number of aliphatic imine (C=N–C) groups is 1. The van der Waals surface area contributed by atoms with Gasteiger partial charge < -0.3 is 19.9 Å². The summed E-state index contributed by atoms with van der Waals surface area (Å²) in [6.07, 6.45) is -1.55. The Bertz CT molecular complexity index is 345. The number of hydrogen-bond donors (Lipinski definition) is 2. The van der Waals surface area contributed by atoms with E-state index in [1.54, 1.807) is 20.8 Å². The molecule has 7 nitrogen and oxygen atoms in total. The molecular formula is C10H16N2O5. The lowest BCUT2D eigenvalue weighted by Crippen LogP contribution is -2.36. The van der Waals surface area contributed by atoms with Crippen LogP contribution in [0.15, 0.2) is 4.99 Å². The lowest BCUT2D eigenvalue weighted by molar-refractivity contribution is -0.144. The van der Waals surface area contributed by atoms with Gasteiger partial charge >= 0.3 is 12.1 Å². The molecule has 0 radical (unpaired) electrons. The number of ether oxygens (including phenoxy) is 2. The second-order valence-electron chi connectivity index (χ2n) is 4.53. The monoisotopic (exact) mass is 244 g/mol. The summed E-state index contributed by atoms with van der Waals surface area (Å²) in [6, 6.07) is 0. The van der Waals surface area contributed by atoms with Crippen LogP contribution in [0.2, 0.25) is 0 Å². The molecule has 0 aliphatic carbocycles. The number of hydrogen-bond acceptors (Lipinski definition) is 5. The van der Waals surface area contributed by atoms with Crippen LogP contribution in [0.1, 0.15) is 20.8 Å². The lowest BCUT2D eigenvalue weighted by atomic mass is 10.2. The Morgan fingerprint density at radius 3 is 2.71 bits per heavy atom. The van der Waals surface area contributed by atoms with E-state index in [0.717, 1.165) is 0 Å². The molecule has 2 N–H and O–H groups in total. The van der Waals surface area contributed by atoms with Crippen molar-refractivity contribution in [2.75, 3.05) is 13.1 Å². The Balaban J connectivity index is 2.29. The number of amides is 1. The molecule has 0 aromatic rings. The Kier molecular flexibility index (Phi) is 3.93. The van der Waals surface area contributed by atoms with Gasteiger partial charge in [0.25, 0.3) is 0 Å². The van der Waals surface area contributed by atoms with E-state index in [2.05, 4.69) is 10.3 Å². The number of rotatable bonds is 3. The summed E-state index contributed by atoms with van der Waals surface area (Å²) in [7, 11) is 0. The molecule has 0 aromatic heterocycles. The van der Waals surface area contributed by atoms with Crippen LogP contribution in [0.5, 0.6) is 0 Å². The van der Waals surface area contributed by atoms with Crippen LogP contribution in [0.25, 0.3) is 0 Å². The van der Waals surface area contributed by atoms with Crippen molar-refractivity contribution in [1.82, 2.24) is 5.32 Å². The fourth-order valence-corrected chi connectivity index (χ4v) is 1.11. The van der Waals surface area contributed by atoms with Crippen LogP contribution < -0.4 is 5.32 Å². The van der Waals surface area contributed by atoms with Crippen molar-refractivity contribution in [3.63, 3.8) is 0 Å². The summed E-state index contributed by atoms with van der Waals surface area (Å²) < 4.78 is 9.98. The van der Waals surface area contributed by atoms with Crippen LogP contribution in [-0.4, -0.2) is 47.9 Å². The van der Waals surface area contributed by atoms with E-state index in [1.165, 1.54) is 0 Å². The second-order valence-corrected chi connectivity index (χ2v) is 4.53. The predicted octanol–water partition coefficient (Wildman–Crippen LogP) is 0.393. The number of carbonyl (C=O) groups is 2. The molecule has 1 atom stereocenters. The first-order valence-corrected chi connectivity index (χ1v) is 5.17. The molecule has 1 rings (SSSR count). The van der Waals surface area contributed by atoms with E-state index in [-0.39, 0.29) is 19.0 Å². The predicted molar refractivity (Wildman–Crippen MR) is 59.0 cm³/mol. The summed E-state index contributed by atoms with van der Waals surface area (Å²) in [4.78, 5) is 25.7. The highest BCUT2D eigenvalue weighted by Gasteiger charge is 2.26. The maximum Gasteiger partial charge on any atom is 0.408 e. The third kappa shape index (κ3) is 4.71. The minimum absolute atomic E-state index is 0.0265. The van der Waals surface area contributed by atoms with Crippen LogP contribution in [0, 0.1) is 0 Å². The van der Waals surface area contributed by atoms with E-state index in [0.29, 0.717) is 0 Å². The molecule has 0 fully saturated rings. The number of alkyl carbamates (subject to hydrolysis) is 1. The number of nitrogens with zero attached hydrogens (tertiary/aromatic N) is 1. The first-order valence-electron chi connectivity index (χ1n) is 5.17.